The number of rotatable bonds is 9. The summed E-state index contributed by atoms with van der Waals surface area (Å²) in [5.41, 5.74) is 1.25. The van der Waals surface area contributed by atoms with Crippen molar-refractivity contribution in [1.29, 1.82) is 0 Å². The van der Waals surface area contributed by atoms with E-state index < -0.39 is 16.1 Å². The van der Waals surface area contributed by atoms with E-state index in [9.17, 15) is 13.2 Å². The highest BCUT2D eigenvalue weighted by Gasteiger charge is 2.17. The summed E-state index contributed by atoms with van der Waals surface area (Å²) in [6.45, 7) is 1.65. The second-order valence-corrected chi connectivity index (χ2v) is 8.96. The van der Waals surface area contributed by atoms with Gasteiger partial charge >= 0.3 is 0 Å². The number of nitrogens with zero attached hydrogens (tertiary/aromatic N) is 3. The molecular formula is C21H24N4O6S. The maximum absolute atomic E-state index is 12.3. The van der Waals surface area contributed by atoms with Gasteiger partial charge in [0.2, 0.25) is 21.7 Å². The van der Waals surface area contributed by atoms with Crippen molar-refractivity contribution in [3.8, 4) is 22.9 Å². The fraction of sp³-hybridized carbons (Fsp3) is 0.286. The Hall–Kier alpha value is -3.60. The topological polar surface area (TPSA) is 124 Å². The Balaban J connectivity index is 1.53. The Morgan fingerprint density at radius 2 is 1.75 bits per heavy atom. The van der Waals surface area contributed by atoms with Gasteiger partial charge in [0.25, 0.3) is 5.91 Å². The monoisotopic (exact) mass is 460 g/mol. The molecule has 0 spiro atoms. The number of benzene rings is 2. The first-order valence-electron chi connectivity index (χ1n) is 9.62. The Morgan fingerprint density at radius 1 is 1.12 bits per heavy atom. The van der Waals surface area contributed by atoms with E-state index in [0.717, 1.165) is 21.9 Å². The molecule has 10 nitrogen and oxygen atoms in total. The summed E-state index contributed by atoms with van der Waals surface area (Å²) in [5.74, 6) is 1.44. The standard InChI is InChI=1S/C21H24N4O6S/c1-14(30-18-11-7-16(8-12-18)25(2)32(4,27)28)21(26)22-13-19-23-20(24-31-19)15-5-9-17(29-3)10-6-15/h5-12,14H,13H2,1-4H3,(H,22,26). The number of amides is 1. The van der Waals surface area contributed by atoms with Gasteiger partial charge in [-0.05, 0) is 55.5 Å². The lowest BCUT2D eigenvalue weighted by Gasteiger charge is -2.18. The molecule has 3 aromatic rings. The van der Waals surface area contributed by atoms with Crippen LogP contribution in [0.25, 0.3) is 11.4 Å². The molecule has 32 heavy (non-hydrogen) atoms. The quantitative estimate of drug-likeness (QED) is 0.516. The molecule has 0 saturated carbocycles. The zero-order chi connectivity index (χ0) is 23.3. The predicted molar refractivity (Wildman–Crippen MR) is 118 cm³/mol. The molecular weight excluding hydrogens is 436 g/mol. The van der Waals surface area contributed by atoms with Crippen LogP contribution in [0.4, 0.5) is 5.69 Å². The molecule has 2 aromatic carbocycles. The van der Waals surface area contributed by atoms with Crippen molar-refractivity contribution < 1.29 is 27.2 Å². The van der Waals surface area contributed by atoms with Gasteiger partial charge in [0.1, 0.15) is 11.5 Å². The van der Waals surface area contributed by atoms with Gasteiger partial charge in [-0.15, -0.1) is 0 Å². The molecule has 3 rings (SSSR count). The molecule has 1 heterocycles. The summed E-state index contributed by atoms with van der Waals surface area (Å²) in [6.07, 6.45) is 0.324. The number of carbonyl (C=O) groups is 1. The highest BCUT2D eigenvalue weighted by molar-refractivity contribution is 7.92. The van der Waals surface area contributed by atoms with E-state index in [4.69, 9.17) is 14.0 Å². The minimum atomic E-state index is -3.36. The number of hydrogen-bond acceptors (Lipinski definition) is 8. The maximum Gasteiger partial charge on any atom is 0.261 e. The lowest BCUT2D eigenvalue weighted by atomic mass is 10.2. The maximum atomic E-state index is 12.3. The highest BCUT2D eigenvalue weighted by Crippen LogP contribution is 2.21. The average molecular weight is 461 g/mol. The Kier molecular flexibility index (Phi) is 6.98. The third-order valence-electron chi connectivity index (χ3n) is 4.61. The largest absolute Gasteiger partial charge is 0.497 e. The number of hydrogen-bond donors (Lipinski definition) is 1. The Bertz CT molecular complexity index is 1160. The van der Waals surface area contributed by atoms with Gasteiger partial charge in [0, 0.05) is 12.6 Å². The summed E-state index contributed by atoms with van der Waals surface area (Å²) in [6, 6.07) is 13.6. The van der Waals surface area contributed by atoms with Crippen LogP contribution in [0.1, 0.15) is 12.8 Å². The second kappa shape index (κ2) is 9.69. The van der Waals surface area contributed by atoms with Crippen molar-refractivity contribution in [2.45, 2.75) is 19.6 Å². The van der Waals surface area contributed by atoms with Gasteiger partial charge in [-0.25, -0.2) is 8.42 Å². The van der Waals surface area contributed by atoms with Crippen molar-refractivity contribution >= 4 is 21.6 Å². The number of carbonyl (C=O) groups excluding carboxylic acids is 1. The fourth-order valence-electron chi connectivity index (χ4n) is 2.67. The zero-order valence-corrected chi connectivity index (χ0v) is 18.9. The first-order valence-corrected chi connectivity index (χ1v) is 11.5. The van der Waals surface area contributed by atoms with E-state index in [2.05, 4.69) is 15.5 Å². The average Bonchev–Trinajstić information content (AvgIpc) is 3.26. The van der Waals surface area contributed by atoms with Gasteiger partial charge in [-0.2, -0.15) is 4.98 Å². The van der Waals surface area contributed by atoms with Gasteiger partial charge in [0.05, 0.1) is 25.6 Å². The molecule has 0 radical (unpaired) electrons. The molecule has 1 aromatic heterocycles. The number of ether oxygens (including phenoxy) is 2. The number of sulfonamides is 1. The summed E-state index contributed by atoms with van der Waals surface area (Å²) in [5, 5.41) is 6.60. The third kappa shape index (κ3) is 5.76. The third-order valence-corrected chi connectivity index (χ3v) is 5.82. The Labute approximate surface area is 186 Å². The molecule has 1 unspecified atom stereocenters. The van der Waals surface area contributed by atoms with Crippen LogP contribution in [0.2, 0.25) is 0 Å². The van der Waals surface area contributed by atoms with E-state index in [-0.39, 0.29) is 18.3 Å². The van der Waals surface area contributed by atoms with E-state index >= 15 is 0 Å². The van der Waals surface area contributed by atoms with Gasteiger partial charge in [0.15, 0.2) is 6.10 Å². The number of nitrogens with one attached hydrogen (secondary N) is 1. The molecule has 11 heteroatoms. The van der Waals surface area contributed by atoms with Crippen LogP contribution < -0.4 is 19.1 Å². The van der Waals surface area contributed by atoms with Crippen LogP contribution in [0.3, 0.4) is 0 Å². The minimum absolute atomic E-state index is 0.0494. The summed E-state index contributed by atoms with van der Waals surface area (Å²) < 4.78 is 40.3. The van der Waals surface area contributed by atoms with Crippen LogP contribution in [-0.2, 0) is 21.4 Å². The summed E-state index contributed by atoms with van der Waals surface area (Å²) in [7, 11) is -0.313. The molecule has 1 N–H and O–H groups in total. The van der Waals surface area contributed by atoms with Gasteiger partial charge in [-0.3, -0.25) is 9.10 Å². The minimum Gasteiger partial charge on any atom is -0.497 e. The molecule has 0 aliphatic rings. The lowest BCUT2D eigenvalue weighted by molar-refractivity contribution is -0.127. The predicted octanol–water partition coefficient (Wildman–Crippen LogP) is 2.22. The van der Waals surface area contributed by atoms with Crippen molar-refractivity contribution in [2.24, 2.45) is 0 Å². The van der Waals surface area contributed by atoms with Crippen molar-refractivity contribution in [3.63, 3.8) is 0 Å². The van der Waals surface area contributed by atoms with Crippen LogP contribution >= 0.6 is 0 Å². The van der Waals surface area contributed by atoms with E-state index in [0.29, 0.717) is 17.3 Å². The molecule has 0 saturated heterocycles. The normalized spacial score (nSPS) is 12.1. The van der Waals surface area contributed by atoms with Crippen LogP contribution in [0.15, 0.2) is 53.1 Å². The zero-order valence-electron chi connectivity index (χ0n) is 18.1. The Morgan fingerprint density at radius 3 is 2.34 bits per heavy atom. The van der Waals surface area contributed by atoms with Crippen LogP contribution in [0.5, 0.6) is 11.5 Å². The lowest BCUT2D eigenvalue weighted by Crippen LogP contribution is -2.36. The first kappa shape index (κ1) is 23.1. The number of anilines is 1. The molecule has 0 aliphatic carbocycles. The first-order chi connectivity index (χ1) is 15.2. The molecule has 0 aliphatic heterocycles. The molecule has 0 fully saturated rings. The summed E-state index contributed by atoms with van der Waals surface area (Å²) in [4.78, 5) is 16.6. The fourth-order valence-corrected chi connectivity index (χ4v) is 3.18. The highest BCUT2D eigenvalue weighted by atomic mass is 32.2. The summed E-state index contributed by atoms with van der Waals surface area (Å²) >= 11 is 0. The molecule has 1 amide bonds. The molecule has 0 bridgehead atoms. The molecule has 1 atom stereocenters. The smallest absolute Gasteiger partial charge is 0.261 e. The van der Waals surface area contributed by atoms with Crippen LogP contribution in [0, 0.1) is 0 Å². The number of methoxy groups -OCH3 is 1. The van der Waals surface area contributed by atoms with E-state index in [1.54, 1.807) is 62.6 Å². The van der Waals surface area contributed by atoms with Crippen LogP contribution in [-0.4, -0.2) is 51.0 Å². The van der Waals surface area contributed by atoms with Crippen molar-refractivity contribution in [1.82, 2.24) is 15.5 Å². The SMILES string of the molecule is COc1ccc(-c2noc(CNC(=O)C(C)Oc3ccc(N(C)S(C)(=O)=O)cc3)n2)cc1. The van der Waals surface area contributed by atoms with E-state index in [1.807, 2.05) is 0 Å². The van der Waals surface area contributed by atoms with E-state index in [1.165, 1.54) is 7.05 Å². The van der Waals surface area contributed by atoms with Gasteiger partial charge < -0.3 is 19.3 Å². The van der Waals surface area contributed by atoms with Crippen molar-refractivity contribution in [3.05, 3.63) is 54.4 Å². The number of aromatic nitrogens is 2. The van der Waals surface area contributed by atoms with Gasteiger partial charge in [-0.1, -0.05) is 5.16 Å². The van der Waals surface area contributed by atoms with Crippen molar-refractivity contribution in [2.75, 3.05) is 24.7 Å². The molecule has 170 valence electrons. The second-order valence-electron chi connectivity index (χ2n) is 6.94.